The first-order valence-electron chi connectivity index (χ1n) is 14.2. The van der Waals surface area contributed by atoms with E-state index in [9.17, 15) is 24.8 Å². The molecule has 0 bridgehead atoms. The van der Waals surface area contributed by atoms with Crippen LogP contribution in [0.4, 0.5) is 11.4 Å². The van der Waals surface area contributed by atoms with Gasteiger partial charge in [0.05, 0.1) is 35.2 Å². The van der Waals surface area contributed by atoms with Crippen LogP contribution in [-0.2, 0) is 14.3 Å². The van der Waals surface area contributed by atoms with Gasteiger partial charge in [-0.15, -0.1) is 0 Å². The second kappa shape index (κ2) is 11.9. The zero-order chi connectivity index (χ0) is 29.4. The maximum absolute atomic E-state index is 13.8. The average molecular weight is 624 g/mol. The molecule has 41 heavy (non-hydrogen) atoms. The normalized spacial score (nSPS) is 24.3. The van der Waals surface area contributed by atoms with E-state index in [-0.39, 0.29) is 46.9 Å². The molecule has 0 aromatic heterocycles. The second-order valence-corrected chi connectivity index (χ2v) is 12.4. The molecule has 8 nitrogen and oxygen atoms in total. The summed E-state index contributed by atoms with van der Waals surface area (Å²) in [5.41, 5.74) is 4.42. The zero-order valence-corrected chi connectivity index (χ0v) is 25.1. The fourth-order valence-electron chi connectivity index (χ4n) is 6.73. The molecule has 2 aromatic carbocycles. The number of aromatic hydroxyl groups is 1. The Balaban J connectivity index is 1.41. The van der Waals surface area contributed by atoms with Crippen molar-refractivity contribution in [1.29, 1.82) is 0 Å². The molecule has 0 radical (unpaired) electrons. The van der Waals surface area contributed by atoms with Crippen LogP contribution in [0.15, 0.2) is 63.7 Å². The number of carbonyl (C=O) groups is 2. The Bertz CT molecular complexity index is 1450. The summed E-state index contributed by atoms with van der Waals surface area (Å²) >= 11 is 3.49. The Morgan fingerprint density at radius 1 is 1.17 bits per heavy atom. The minimum absolute atomic E-state index is 0.149. The van der Waals surface area contributed by atoms with E-state index < -0.39 is 16.8 Å². The Morgan fingerprint density at radius 2 is 1.95 bits per heavy atom. The van der Waals surface area contributed by atoms with Crippen molar-refractivity contribution in [2.75, 3.05) is 11.5 Å². The number of fused-ring (bicyclic) bond motifs is 3. The summed E-state index contributed by atoms with van der Waals surface area (Å²) in [4.78, 5) is 39.4. The van der Waals surface area contributed by atoms with Crippen LogP contribution < -0.4 is 4.90 Å². The molecule has 1 aliphatic carbocycles. The van der Waals surface area contributed by atoms with Gasteiger partial charge in [-0.05, 0) is 61.4 Å². The van der Waals surface area contributed by atoms with Crippen molar-refractivity contribution >= 4 is 45.2 Å². The number of allylic oxidation sites excluding steroid dienone is 2. The number of anilines is 1. The van der Waals surface area contributed by atoms with Crippen molar-refractivity contribution in [3.63, 3.8) is 0 Å². The third-order valence-electron chi connectivity index (χ3n) is 8.59. The van der Waals surface area contributed by atoms with E-state index in [1.165, 1.54) is 29.3 Å². The molecule has 2 aromatic rings. The number of benzene rings is 2. The van der Waals surface area contributed by atoms with Crippen molar-refractivity contribution in [1.82, 2.24) is 0 Å². The molecule has 5 rings (SSSR count). The van der Waals surface area contributed by atoms with Crippen molar-refractivity contribution in [2.45, 2.75) is 59.0 Å². The van der Waals surface area contributed by atoms with E-state index in [0.29, 0.717) is 13.0 Å². The van der Waals surface area contributed by atoms with Gasteiger partial charge in [-0.2, -0.15) is 0 Å². The number of ether oxygens (including phenoxy) is 1. The van der Waals surface area contributed by atoms with Crippen LogP contribution in [0.2, 0.25) is 0 Å². The van der Waals surface area contributed by atoms with Crippen molar-refractivity contribution < 1.29 is 24.4 Å². The van der Waals surface area contributed by atoms with Crippen LogP contribution in [0.1, 0.15) is 58.4 Å². The molecule has 2 amide bonds. The van der Waals surface area contributed by atoms with Gasteiger partial charge in [0.25, 0.3) is 5.69 Å². The monoisotopic (exact) mass is 622 g/mol. The van der Waals surface area contributed by atoms with Crippen molar-refractivity contribution in [2.24, 2.45) is 23.7 Å². The third kappa shape index (κ3) is 5.62. The van der Waals surface area contributed by atoms with Crippen LogP contribution >= 0.6 is 15.9 Å². The number of phenols is 1. The lowest BCUT2D eigenvalue weighted by Crippen LogP contribution is -2.35. The predicted octanol–water partition coefficient (Wildman–Crippen LogP) is 7.20. The SMILES string of the molecule is CCC/C(=C\c1cc(Br)ccc1O)CC[C@H]1OC[C@H]2C1=C(C(C)C)C[C@H]1C(=O)N(c3cccc([N+](=O)[O-])c3)C(=O)[C@H]12. The number of non-ortho nitro benzene ring substituents is 1. The topological polar surface area (TPSA) is 110 Å². The highest BCUT2D eigenvalue weighted by Crippen LogP contribution is 2.52. The first kappa shape index (κ1) is 29.2. The molecule has 216 valence electrons. The highest BCUT2D eigenvalue weighted by molar-refractivity contribution is 9.10. The van der Waals surface area contributed by atoms with Gasteiger partial charge in [0, 0.05) is 28.1 Å². The summed E-state index contributed by atoms with van der Waals surface area (Å²) in [6, 6.07) is 11.1. The maximum Gasteiger partial charge on any atom is 0.271 e. The standard InChI is InChI=1S/C32H35BrN2O6/c1-4-6-19(13-20-14-21(33)10-11-27(20)36)9-12-28-29-24(18(2)3)16-25-30(26(29)17-41-28)32(38)34(31(25)37)22-7-5-8-23(15-22)35(39)40/h5,7-8,10-11,13-15,18,25-26,28,30,36H,4,6,9,12,16-17H2,1-3H3/b19-13+/t25-,26+,28-,30-/m1/s1. The Labute approximate surface area is 248 Å². The van der Waals surface area contributed by atoms with Gasteiger partial charge in [0.15, 0.2) is 0 Å². The molecule has 0 unspecified atom stereocenters. The van der Waals surface area contributed by atoms with Crippen molar-refractivity contribution in [3.8, 4) is 5.75 Å². The molecule has 2 aliphatic heterocycles. The lowest BCUT2D eigenvalue weighted by Gasteiger charge is -2.33. The summed E-state index contributed by atoms with van der Waals surface area (Å²) in [7, 11) is 0. The number of imide groups is 1. The van der Waals surface area contributed by atoms with Gasteiger partial charge in [-0.3, -0.25) is 19.7 Å². The lowest BCUT2D eigenvalue weighted by molar-refractivity contribution is -0.384. The van der Waals surface area contributed by atoms with Gasteiger partial charge >= 0.3 is 0 Å². The first-order chi connectivity index (χ1) is 19.6. The van der Waals surface area contributed by atoms with Gasteiger partial charge in [-0.1, -0.05) is 66.4 Å². The number of nitro benzene ring substituents is 1. The number of halogens is 1. The van der Waals surface area contributed by atoms with Crippen LogP contribution in [0.3, 0.4) is 0 Å². The lowest BCUT2D eigenvalue weighted by atomic mass is 9.67. The molecule has 0 saturated carbocycles. The number of nitrogens with zero attached hydrogens (tertiary/aromatic N) is 2. The Morgan fingerprint density at radius 3 is 2.66 bits per heavy atom. The Kier molecular flexibility index (Phi) is 8.47. The van der Waals surface area contributed by atoms with Gasteiger partial charge in [0.2, 0.25) is 11.8 Å². The maximum atomic E-state index is 13.8. The third-order valence-corrected chi connectivity index (χ3v) is 9.08. The second-order valence-electron chi connectivity index (χ2n) is 11.5. The fourth-order valence-corrected chi connectivity index (χ4v) is 7.11. The van der Waals surface area contributed by atoms with E-state index >= 15 is 0 Å². The highest BCUT2D eigenvalue weighted by atomic mass is 79.9. The number of phenolic OH excluding ortho intramolecular Hbond substituents is 1. The predicted molar refractivity (Wildman–Crippen MR) is 160 cm³/mol. The van der Waals surface area contributed by atoms with Crippen LogP contribution in [0.25, 0.3) is 6.08 Å². The molecule has 9 heteroatoms. The number of amides is 2. The number of nitro groups is 1. The molecule has 0 spiro atoms. The number of carbonyl (C=O) groups excluding carboxylic acids is 2. The van der Waals surface area contributed by atoms with Crippen LogP contribution in [0, 0.1) is 33.8 Å². The number of rotatable bonds is 9. The molecule has 2 heterocycles. The first-order valence-corrected chi connectivity index (χ1v) is 15.0. The van der Waals surface area contributed by atoms with E-state index in [4.69, 9.17) is 4.74 Å². The molecule has 4 atom stereocenters. The van der Waals surface area contributed by atoms with E-state index in [1.807, 2.05) is 12.1 Å². The molecular weight excluding hydrogens is 588 g/mol. The summed E-state index contributed by atoms with van der Waals surface area (Å²) in [6.45, 7) is 6.74. The quantitative estimate of drug-likeness (QED) is 0.137. The summed E-state index contributed by atoms with van der Waals surface area (Å²) in [6.07, 6.45) is 5.80. The number of hydrogen-bond acceptors (Lipinski definition) is 6. The minimum atomic E-state index is -0.534. The van der Waals surface area contributed by atoms with Gasteiger partial charge < -0.3 is 9.84 Å². The summed E-state index contributed by atoms with van der Waals surface area (Å²) < 4.78 is 7.27. The number of hydrogen-bond donors (Lipinski definition) is 1. The smallest absolute Gasteiger partial charge is 0.271 e. The molecule has 2 saturated heterocycles. The van der Waals surface area contributed by atoms with Gasteiger partial charge in [-0.25, -0.2) is 4.90 Å². The Hall–Kier alpha value is -3.30. The minimum Gasteiger partial charge on any atom is -0.507 e. The zero-order valence-electron chi connectivity index (χ0n) is 23.5. The van der Waals surface area contributed by atoms with Crippen LogP contribution in [-0.4, -0.2) is 34.6 Å². The molecule has 3 aliphatic rings. The van der Waals surface area contributed by atoms with E-state index in [0.717, 1.165) is 46.2 Å². The molecular formula is C32H35BrN2O6. The van der Waals surface area contributed by atoms with Crippen LogP contribution in [0.5, 0.6) is 5.75 Å². The average Bonchev–Trinajstić information content (AvgIpc) is 3.47. The van der Waals surface area contributed by atoms with E-state index in [2.05, 4.69) is 42.8 Å². The summed E-state index contributed by atoms with van der Waals surface area (Å²) in [5, 5.41) is 21.7. The van der Waals surface area contributed by atoms with E-state index in [1.54, 1.807) is 12.1 Å². The van der Waals surface area contributed by atoms with Crippen molar-refractivity contribution in [3.05, 3.63) is 79.3 Å². The largest absolute Gasteiger partial charge is 0.507 e. The fraction of sp³-hybridized carbons (Fsp3) is 0.438. The summed E-state index contributed by atoms with van der Waals surface area (Å²) in [5.74, 6) is -1.38. The van der Waals surface area contributed by atoms with Gasteiger partial charge in [0.1, 0.15) is 5.75 Å². The molecule has 1 N–H and O–H groups in total. The molecule has 2 fully saturated rings. The highest BCUT2D eigenvalue weighted by Gasteiger charge is 2.57.